The molecule has 2 aromatic heterocycles. The Hall–Kier alpha value is -3.68. The van der Waals surface area contributed by atoms with Crippen LogP contribution in [0.1, 0.15) is 31.9 Å². The lowest BCUT2D eigenvalue weighted by Crippen LogP contribution is -2.25. The van der Waals surface area contributed by atoms with Gasteiger partial charge in [-0.25, -0.2) is 22.8 Å². The van der Waals surface area contributed by atoms with E-state index in [2.05, 4.69) is 10.1 Å². The molecule has 4 rings (SSSR count). The molecular formula is C25H22F3N3O2. The van der Waals surface area contributed by atoms with E-state index in [1.165, 1.54) is 25.6 Å². The van der Waals surface area contributed by atoms with Gasteiger partial charge in [-0.1, -0.05) is 20.8 Å². The lowest BCUT2D eigenvalue weighted by atomic mass is 9.86. The number of pyridine rings is 1. The predicted octanol–water partition coefficient (Wildman–Crippen LogP) is 5.23. The number of benzene rings is 2. The van der Waals surface area contributed by atoms with E-state index in [-0.39, 0.29) is 21.9 Å². The van der Waals surface area contributed by atoms with Crippen molar-refractivity contribution in [3.63, 3.8) is 0 Å². The summed E-state index contributed by atoms with van der Waals surface area (Å²) in [5.41, 5.74) is 0.0916. The highest BCUT2D eigenvalue weighted by molar-refractivity contribution is 5.82. The van der Waals surface area contributed by atoms with Crippen molar-refractivity contribution in [2.24, 2.45) is 0 Å². The second-order valence-corrected chi connectivity index (χ2v) is 8.78. The summed E-state index contributed by atoms with van der Waals surface area (Å²) in [7, 11) is 1.44. The van der Waals surface area contributed by atoms with Gasteiger partial charge in [0.2, 0.25) is 5.88 Å². The second-order valence-electron chi connectivity index (χ2n) is 8.78. The molecule has 0 fully saturated rings. The average Bonchev–Trinajstić information content (AvgIpc) is 2.76. The van der Waals surface area contributed by atoms with Crippen LogP contribution in [0.4, 0.5) is 13.2 Å². The zero-order valence-corrected chi connectivity index (χ0v) is 18.6. The van der Waals surface area contributed by atoms with Crippen molar-refractivity contribution in [2.75, 3.05) is 7.11 Å². The van der Waals surface area contributed by atoms with Gasteiger partial charge in [-0.05, 0) is 52.4 Å². The van der Waals surface area contributed by atoms with Gasteiger partial charge in [0.1, 0.15) is 17.5 Å². The van der Waals surface area contributed by atoms with Crippen LogP contribution in [0, 0.1) is 17.5 Å². The molecule has 0 spiro atoms. The highest BCUT2D eigenvalue weighted by atomic mass is 19.1. The summed E-state index contributed by atoms with van der Waals surface area (Å²) in [6.07, 6.45) is 2.80. The fraction of sp³-hybridized carbons (Fsp3) is 0.240. The number of rotatable bonds is 4. The van der Waals surface area contributed by atoms with E-state index < -0.39 is 29.6 Å². The fourth-order valence-corrected chi connectivity index (χ4v) is 3.59. The maximum atomic E-state index is 14.9. The first-order valence-corrected chi connectivity index (χ1v) is 10.3. The van der Waals surface area contributed by atoms with E-state index in [0.717, 1.165) is 16.8 Å². The molecule has 0 N–H and O–H groups in total. The van der Waals surface area contributed by atoms with E-state index in [4.69, 9.17) is 4.74 Å². The predicted molar refractivity (Wildman–Crippen MR) is 120 cm³/mol. The van der Waals surface area contributed by atoms with Crippen LogP contribution in [-0.2, 0) is 12.0 Å². The molecule has 2 aromatic carbocycles. The number of aromatic nitrogens is 3. The summed E-state index contributed by atoms with van der Waals surface area (Å²) in [5, 5.41) is 4.20. The van der Waals surface area contributed by atoms with Gasteiger partial charge < -0.3 is 4.74 Å². The molecule has 0 aliphatic heterocycles. The molecule has 0 aliphatic rings. The molecule has 0 atom stereocenters. The molecule has 0 saturated heterocycles. The Labute approximate surface area is 188 Å². The molecule has 0 bridgehead atoms. The monoisotopic (exact) mass is 453 g/mol. The van der Waals surface area contributed by atoms with Crippen LogP contribution in [0.2, 0.25) is 0 Å². The number of hydrogen-bond acceptors (Lipinski definition) is 4. The van der Waals surface area contributed by atoms with E-state index in [9.17, 15) is 18.0 Å². The van der Waals surface area contributed by atoms with Crippen molar-refractivity contribution >= 4 is 10.8 Å². The zero-order chi connectivity index (χ0) is 23.9. The third-order valence-corrected chi connectivity index (χ3v) is 5.50. The smallest absolute Gasteiger partial charge is 0.277 e. The fourth-order valence-electron chi connectivity index (χ4n) is 3.59. The van der Waals surface area contributed by atoms with Crippen LogP contribution in [0.3, 0.4) is 0 Å². The molecule has 0 unspecified atom stereocenters. The highest BCUT2D eigenvalue weighted by Crippen LogP contribution is 2.28. The average molecular weight is 453 g/mol. The third-order valence-electron chi connectivity index (χ3n) is 5.50. The standard InChI is InChI=1S/C25H22F3N3O2/c1-25(2,3)17-7-16-12-30-31(24(32)23(16)21(28)11-17)13-18-19(26)8-15(9-20(18)27)14-5-6-29-22(10-14)33-4/h5-12H,13H2,1-4H3. The van der Waals surface area contributed by atoms with Crippen molar-refractivity contribution in [3.05, 3.63) is 87.7 Å². The normalized spacial score (nSPS) is 11.7. The van der Waals surface area contributed by atoms with Gasteiger partial charge in [-0.15, -0.1) is 0 Å². The van der Waals surface area contributed by atoms with Crippen molar-refractivity contribution in [1.82, 2.24) is 14.8 Å². The maximum absolute atomic E-state index is 14.9. The van der Waals surface area contributed by atoms with Crippen molar-refractivity contribution < 1.29 is 17.9 Å². The molecule has 2 heterocycles. The Morgan fingerprint density at radius 3 is 2.30 bits per heavy atom. The lowest BCUT2D eigenvalue weighted by Gasteiger charge is -2.20. The third kappa shape index (κ3) is 4.33. The first-order valence-electron chi connectivity index (χ1n) is 10.3. The minimum Gasteiger partial charge on any atom is -0.481 e. The Balaban J connectivity index is 1.74. The molecule has 0 aliphatic carbocycles. The Kier molecular flexibility index (Phi) is 5.69. The van der Waals surface area contributed by atoms with Gasteiger partial charge in [-0.3, -0.25) is 4.79 Å². The van der Waals surface area contributed by atoms with Crippen LogP contribution in [0.15, 0.2) is 53.6 Å². The number of nitrogens with zero attached hydrogens (tertiary/aromatic N) is 3. The van der Waals surface area contributed by atoms with Crippen LogP contribution < -0.4 is 10.3 Å². The number of hydrogen-bond donors (Lipinski definition) is 0. The van der Waals surface area contributed by atoms with Gasteiger partial charge in [0.15, 0.2) is 0 Å². The van der Waals surface area contributed by atoms with Crippen LogP contribution >= 0.6 is 0 Å². The number of fused-ring (bicyclic) bond motifs is 1. The van der Waals surface area contributed by atoms with E-state index in [1.54, 1.807) is 18.2 Å². The van der Waals surface area contributed by atoms with E-state index in [1.807, 2.05) is 20.8 Å². The second kappa shape index (κ2) is 8.35. The van der Waals surface area contributed by atoms with Gasteiger partial charge in [-0.2, -0.15) is 5.10 Å². The maximum Gasteiger partial charge on any atom is 0.277 e. The summed E-state index contributed by atoms with van der Waals surface area (Å²) in [6, 6.07) is 8.49. The number of halogens is 3. The van der Waals surface area contributed by atoms with E-state index in [0.29, 0.717) is 22.4 Å². The largest absolute Gasteiger partial charge is 0.481 e. The Morgan fingerprint density at radius 1 is 0.970 bits per heavy atom. The minimum atomic E-state index is -0.849. The SMILES string of the molecule is COc1cc(-c2cc(F)c(Cn3ncc4cc(C(C)(C)C)cc(F)c4c3=O)c(F)c2)ccn1. The van der Waals surface area contributed by atoms with Crippen LogP contribution in [0.25, 0.3) is 21.9 Å². The first-order chi connectivity index (χ1) is 15.6. The van der Waals surface area contributed by atoms with Gasteiger partial charge in [0.25, 0.3) is 5.56 Å². The van der Waals surface area contributed by atoms with Crippen LogP contribution in [0.5, 0.6) is 5.88 Å². The topological polar surface area (TPSA) is 57.0 Å². The minimum absolute atomic E-state index is 0.167. The molecule has 170 valence electrons. The molecule has 4 aromatic rings. The quantitative estimate of drug-likeness (QED) is 0.425. The Morgan fingerprint density at radius 2 is 1.67 bits per heavy atom. The Bertz CT molecular complexity index is 1400. The zero-order valence-electron chi connectivity index (χ0n) is 18.6. The molecular weight excluding hydrogens is 431 g/mol. The first kappa shape index (κ1) is 22.5. The number of methoxy groups -OCH3 is 1. The number of ether oxygens (including phenoxy) is 1. The highest BCUT2D eigenvalue weighted by Gasteiger charge is 2.20. The summed E-state index contributed by atoms with van der Waals surface area (Å²) >= 11 is 0. The summed E-state index contributed by atoms with van der Waals surface area (Å²) in [5.74, 6) is -2.08. The molecule has 0 amide bonds. The molecule has 0 radical (unpaired) electrons. The lowest BCUT2D eigenvalue weighted by molar-refractivity contribution is 0.398. The summed E-state index contributed by atoms with van der Waals surface area (Å²) in [4.78, 5) is 16.9. The van der Waals surface area contributed by atoms with E-state index >= 15 is 0 Å². The molecule has 33 heavy (non-hydrogen) atoms. The summed E-state index contributed by atoms with van der Waals surface area (Å²) < 4.78 is 50.5. The molecule has 0 saturated carbocycles. The van der Waals surface area contributed by atoms with Gasteiger partial charge >= 0.3 is 0 Å². The molecule has 5 nitrogen and oxygen atoms in total. The van der Waals surface area contributed by atoms with Crippen molar-refractivity contribution in [2.45, 2.75) is 32.7 Å². The van der Waals surface area contributed by atoms with Crippen LogP contribution in [-0.4, -0.2) is 21.9 Å². The van der Waals surface area contributed by atoms with Crippen molar-refractivity contribution in [3.8, 4) is 17.0 Å². The molecule has 8 heteroatoms. The summed E-state index contributed by atoms with van der Waals surface area (Å²) in [6.45, 7) is 5.31. The van der Waals surface area contributed by atoms with Crippen molar-refractivity contribution in [1.29, 1.82) is 0 Å². The van der Waals surface area contributed by atoms with Gasteiger partial charge in [0.05, 0.1) is 25.2 Å². The van der Waals surface area contributed by atoms with Gasteiger partial charge in [0, 0.05) is 23.2 Å².